The zero-order valence-electron chi connectivity index (χ0n) is 11.8. The Morgan fingerprint density at radius 2 is 1.95 bits per heavy atom. The maximum absolute atomic E-state index is 13.1. The Morgan fingerprint density at radius 1 is 1.19 bits per heavy atom. The number of hydrogen-bond acceptors (Lipinski definition) is 2. The molecule has 1 fully saturated rings. The van der Waals surface area contributed by atoms with Crippen LogP contribution in [-0.2, 0) is 6.54 Å². The molecule has 1 aliphatic rings. The fourth-order valence-electron chi connectivity index (χ4n) is 2.13. The predicted octanol–water partition coefficient (Wildman–Crippen LogP) is 4.83. The Balaban J connectivity index is 1.72. The zero-order chi connectivity index (χ0) is 14.8. The summed E-state index contributed by atoms with van der Waals surface area (Å²) in [6.07, 6.45) is 2.53. The van der Waals surface area contributed by atoms with Crippen molar-refractivity contribution in [1.29, 1.82) is 0 Å². The van der Waals surface area contributed by atoms with Crippen molar-refractivity contribution in [3.63, 3.8) is 0 Å². The Morgan fingerprint density at radius 3 is 2.62 bits per heavy atom. The lowest BCUT2D eigenvalue weighted by atomic mass is 10.2. The van der Waals surface area contributed by atoms with E-state index in [1.807, 2.05) is 18.2 Å². The van der Waals surface area contributed by atoms with Crippen molar-refractivity contribution in [3.8, 4) is 11.5 Å². The van der Waals surface area contributed by atoms with Crippen molar-refractivity contribution in [2.24, 2.45) is 0 Å². The minimum atomic E-state index is -0.271. The molecule has 2 nitrogen and oxygen atoms in total. The summed E-state index contributed by atoms with van der Waals surface area (Å²) in [6.45, 7) is 2.63. The Kier molecular flexibility index (Phi) is 4.13. The third kappa shape index (κ3) is 3.74. The van der Waals surface area contributed by atoms with Crippen LogP contribution in [0.4, 0.5) is 4.39 Å². The first-order valence-corrected chi connectivity index (χ1v) is 7.45. The molecule has 21 heavy (non-hydrogen) atoms. The van der Waals surface area contributed by atoms with Crippen molar-refractivity contribution in [2.75, 3.05) is 0 Å². The van der Waals surface area contributed by atoms with Gasteiger partial charge >= 0.3 is 0 Å². The van der Waals surface area contributed by atoms with Crippen LogP contribution in [0, 0.1) is 12.7 Å². The van der Waals surface area contributed by atoms with E-state index in [2.05, 4.69) is 5.32 Å². The van der Waals surface area contributed by atoms with E-state index in [1.54, 1.807) is 13.0 Å². The Labute approximate surface area is 128 Å². The summed E-state index contributed by atoms with van der Waals surface area (Å²) in [6, 6.07) is 10.9. The summed E-state index contributed by atoms with van der Waals surface area (Å²) in [4.78, 5) is 0. The largest absolute Gasteiger partial charge is 0.456 e. The number of benzene rings is 2. The number of hydrogen-bond donors (Lipinski definition) is 1. The summed E-state index contributed by atoms with van der Waals surface area (Å²) in [5, 5.41) is 4.01. The summed E-state index contributed by atoms with van der Waals surface area (Å²) in [7, 11) is 0. The highest BCUT2D eigenvalue weighted by Crippen LogP contribution is 2.32. The van der Waals surface area contributed by atoms with Crippen molar-refractivity contribution in [2.45, 2.75) is 32.4 Å². The van der Waals surface area contributed by atoms with Crippen LogP contribution in [-0.4, -0.2) is 6.04 Å². The molecule has 0 spiro atoms. The van der Waals surface area contributed by atoms with Gasteiger partial charge in [0, 0.05) is 12.6 Å². The second-order valence-corrected chi connectivity index (χ2v) is 5.84. The van der Waals surface area contributed by atoms with Gasteiger partial charge in [-0.3, -0.25) is 0 Å². The van der Waals surface area contributed by atoms with E-state index in [4.69, 9.17) is 16.3 Å². The average molecular weight is 306 g/mol. The van der Waals surface area contributed by atoms with Gasteiger partial charge in [-0.1, -0.05) is 17.7 Å². The normalized spacial score (nSPS) is 14.2. The Bertz CT molecular complexity index is 655. The molecule has 1 N–H and O–H groups in total. The SMILES string of the molecule is Cc1cc(F)ccc1Oc1ccc(CNC2CC2)cc1Cl. The standard InChI is InChI=1S/C17H17ClFNO/c1-11-8-13(19)3-7-16(11)21-17-6-2-12(9-15(17)18)10-20-14-4-5-14/h2-3,6-9,14,20H,4-5,10H2,1H3. The van der Waals surface area contributed by atoms with Crippen molar-refractivity contribution in [3.05, 3.63) is 58.4 Å². The quantitative estimate of drug-likeness (QED) is 0.854. The van der Waals surface area contributed by atoms with Gasteiger partial charge in [-0.2, -0.15) is 0 Å². The first-order chi connectivity index (χ1) is 10.1. The fraction of sp³-hybridized carbons (Fsp3) is 0.294. The smallest absolute Gasteiger partial charge is 0.146 e. The monoisotopic (exact) mass is 305 g/mol. The molecule has 0 aliphatic heterocycles. The third-order valence-electron chi connectivity index (χ3n) is 3.53. The number of rotatable bonds is 5. The van der Waals surface area contributed by atoms with Crippen molar-refractivity contribution in [1.82, 2.24) is 5.32 Å². The van der Waals surface area contributed by atoms with E-state index in [-0.39, 0.29) is 5.82 Å². The van der Waals surface area contributed by atoms with Crippen LogP contribution in [0.25, 0.3) is 0 Å². The van der Waals surface area contributed by atoms with E-state index in [0.29, 0.717) is 22.6 Å². The highest BCUT2D eigenvalue weighted by molar-refractivity contribution is 6.32. The van der Waals surface area contributed by atoms with E-state index >= 15 is 0 Å². The molecule has 110 valence electrons. The average Bonchev–Trinajstić information content (AvgIpc) is 3.26. The lowest BCUT2D eigenvalue weighted by Crippen LogP contribution is -2.15. The van der Waals surface area contributed by atoms with Crippen molar-refractivity contribution < 1.29 is 9.13 Å². The van der Waals surface area contributed by atoms with Crippen LogP contribution in [0.1, 0.15) is 24.0 Å². The maximum Gasteiger partial charge on any atom is 0.146 e. The van der Waals surface area contributed by atoms with Crippen LogP contribution >= 0.6 is 11.6 Å². The van der Waals surface area contributed by atoms with Crippen LogP contribution in [0.2, 0.25) is 5.02 Å². The molecule has 2 aromatic rings. The summed E-state index contributed by atoms with van der Waals surface area (Å²) in [5.74, 6) is 0.927. The van der Waals surface area contributed by atoms with E-state index in [1.165, 1.54) is 25.0 Å². The molecule has 0 bridgehead atoms. The molecule has 0 heterocycles. The van der Waals surface area contributed by atoms with Gasteiger partial charge in [-0.25, -0.2) is 4.39 Å². The molecular weight excluding hydrogens is 289 g/mol. The highest BCUT2D eigenvalue weighted by atomic mass is 35.5. The predicted molar refractivity (Wildman–Crippen MR) is 82.5 cm³/mol. The van der Waals surface area contributed by atoms with Gasteiger partial charge in [-0.05, 0) is 61.2 Å². The first-order valence-electron chi connectivity index (χ1n) is 7.07. The van der Waals surface area contributed by atoms with Crippen LogP contribution in [0.15, 0.2) is 36.4 Å². The zero-order valence-corrected chi connectivity index (χ0v) is 12.6. The van der Waals surface area contributed by atoms with Crippen LogP contribution in [0.3, 0.4) is 0 Å². The van der Waals surface area contributed by atoms with Gasteiger partial charge in [-0.15, -0.1) is 0 Å². The van der Waals surface area contributed by atoms with Crippen molar-refractivity contribution >= 4 is 11.6 Å². The summed E-state index contributed by atoms with van der Waals surface area (Å²) < 4.78 is 18.9. The molecule has 4 heteroatoms. The Hall–Kier alpha value is -1.58. The molecule has 1 aliphatic carbocycles. The van der Waals surface area contributed by atoms with Gasteiger partial charge in [0.15, 0.2) is 0 Å². The second kappa shape index (κ2) is 6.04. The van der Waals surface area contributed by atoms with E-state index in [0.717, 1.165) is 17.7 Å². The molecule has 0 unspecified atom stereocenters. The van der Waals surface area contributed by atoms with Gasteiger partial charge in [0.05, 0.1) is 5.02 Å². The minimum Gasteiger partial charge on any atom is -0.456 e. The maximum atomic E-state index is 13.1. The molecule has 0 amide bonds. The van der Waals surface area contributed by atoms with Crippen LogP contribution < -0.4 is 10.1 Å². The molecular formula is C17H17ClFNO. The van der Waals surface area contributed by atoms with Crippen LogP contribution in [0.5, 0.6) is 11.5 Å². The van der Waals surface area contributed by atoms with E-state index in [9.17, 15) is 4.39 Å². The summed E-state index contributed by atoms with van der Waals surface area (Å²) in [5.41, 5.74) is 1.88. The topological polar surface area (TPSA) is 21.3 Å². The number of ether oxygens (including phenoxy) is 1. The fourth-order valence-corrected chi connectivity index (χ4v) is 2.37. The first kappa shape index (κ1) is 14.4. The molecule has 2 aromatic carbocycles. The molecule has 0 atom stereocenters. The lowest BCUT2D eigenvalue weighted by Gasteiger charge is -2.11. The number of nitrogens with one attached hydrogen (secondary N) is 1. The summed E-state index contributed by atoms with van der Waals surface area (Å²) >= 11 is 6.27. The molecule has 0 aromatic heterocycles. The number of aryl methyl sites for hydroxylation is 1. The number of halogens is 2. The minimum absolute atomic E-state index is 0.271. The lowest BCUT2D eigenvalue weighted by molar-refractivity contribution is 0.476. The van der Waals surface area contributed by atoms with Gasteiger partial charge < -0.3 is 10.1 Å². The molecule has 0 radical (unpaired) electrons. The van der Waals surface area contributed by atoms with Gasteiger partial charge in [0.1, 0.15) is 17.3 Å². The van der Waals surface area contributed by atoms with Gasteiger partial charge in [0.2, 0.25) is 0 Å². The molecule has 1 saturated carbocycles. The van der Waals surface area contributed by atoms with Gasteiger partial charge in [0.25, 0.3) is 0 Å². The second-order valence-electron chi connectivity index (χ2n) is 5.43. The molecule has 0 saturated heterocycles. The highest BCUT2D eigenvalue weighted by Gasteiger charge is 2.20. The van der Waals surface area contributed by atoms with E-state index < -0.39 is 0 Å². The third-order valence-corrected chi connectivity index (χ3v) is 3.82. The molecule has 3 rings (SSSR count).